The summed E-state index contributed by atoms with van der Waals surface area (Å²) >= 11 is 0. The molecule has 0 aromatic carbocycles. The van der Waals surface area contributed by atoms with Gasteiger partial charge in [-0.25, -0.2) is 0 Å². The van der Waals surface area contributed by atoms with Gasteiger partial charge in [0, 0.05) is 0 Å². The summed E-state index contributed by atoms with van der Waals surface area (Å²) < 4.78 is 0. The monoisotopic (exact) mass is 324 g/mol. The molecule has 0 aromatic rings. The molecule has 0 amide bonds. The van der Waals surface area contributed by atoms with E-state index in [9.17, 15) is 0 Å². The van der Waals surface area contributed by atoms with Gasteiger partial charge in [0.25, 0.3) is 0 Å². The molecule has 0 saturated heterocycles. The Morgan fingerprint density at radius 2 is 0.400 bits per heavy atom. The van der Waals surface area contributed by atoms with Crippen LogP contribution in [0.1, 0.15) is 0 Å². The Morgan fingerprint density at radius 3 is 0.400 bits per heavy atom. The summed E-state index contributed by atoms with van der Waals surface area (Å²) in [6.07, 6.45) is 0. The average Bonchev–Trinajstić information content (AvgIpc) is 0. The number of hydrogen-bond donors (Lipinski definition) is 0. The van der Waals surface area contributed by atoms with Crippen molar-refractivity contribution in [2.24, 2.45) is 0 Å². The molecule has 0 rings (SSSR count). The van der Waals surface area contributed by atoms with Crippen molar-refractivity contribution in [3.63, 3.8) is 0 Å². The first-order chi connectivity index (χ1) is 0. The molecule has 0 heterocycles. The van der Waals surface area contributed by atoms with E-state index >= 15 is 0 Å². The van der Waals surface area contributed by atoms with Gasteiger partial charge in [-0.1, -0.05) is 0 Å². The van der Waals surface area contributed by atoms with Crippen LogP contribution in [0.3, 0.4) is 0 Å². The standard InChI is InChI=1S/2As.3Ni/q2*-3;3*+2. The van der Waals surface area contributed by atoms with Crippen LogP contribution in [-0.4, -0.2) is 35.9 Å². The first-order valence-corrected chi connectivity index (χ1v) is 0. The minimum absolute atomic E-state index is 0. The Bertz CT molecular complexity index is 4.85. The van der Waals surface area contributed by atoms with Crippen molar-refractivity contribution in [3.8, 4) is 0 Å². The van der Waals surface area contributed by atoms with Crippen molar-refractivity contribution in [1.82, 2.24) is 0 Å². The maximum atomic E-state index is 0. The fourth-order valence-corrected chi connectivity index (χ4v) is 0. The summed E-state index contributed by atoms with van der Waals surface area (Å²) in [7, 11) is 0. The van der Waals surface area contributed by atoms with E-state index < -0.39 is 0 Å². The molecule has 0 nitrogen and oxygen atoms in total. The van der Waals surface area contributed by atoms with Gasteiger partial charge in [-0.3, -0.25) is 0 Å². The van der Waals surface area contributed by atoms with Gasteiger partial charge in [0.15, 0.2) is 0 Å². The molecule has 0 atom stereocenters. The summed E-state index contributed by atoms with van der Waals surface area (Å²) in [6.45, 7) is 0. The summed E-state index contributed by atoms with van der Waals surface area (Å²) in [5.41, 5.74) is 0. The third-order valence-electron chi connectivity index (χ3n) is 0. The van der Waals surface area contributed by atoms with Crippen LogP contribution in [0, 0.1) is 0 Å². The van der Waals surface area contributed by atoms with Gasteiger partial charge in [-0.15, -0.1) is 0 Å². The summed E-state index contributed by atoms with van der Waals surface area (Å²) in [5, 5.41) is 0. The van der Waals surface area contributed by atoms with E-state index in [0.717, 1.165) is 0 Å². The van der Waals surface area contributed by atoms with Crippen molar-refractivity contribution in [2.75, 3.05) is 0 Å². The molecule has 5 heteroatoms. The third kappa shape index (κ3) is 20.7. The van der Waals surface area contributed by atoms with Gasteiger partial charge in [0.1, 0.15) is 0 Å². The molecule has 0 saturated carbocycles. The summed E-state index contributed by atoms with van der Waals surface area (Å²) in [6, 6.07) is 0. The third-order valence-corrected chi connectivity index (χ3v) is 0. The quantitative estimate of drug-likeness (QED) is 0.513. The molecule has 0 aliphatic rings. The fraction of sp³-hybridized carbons (Fsp3) is 0. The Labute approximate surface area is 84.4 Å². The minimum Gasteiger partial charge on any atom is -3.00 e. The van der Waals surface area contributed by atoms with Crippen LogP contribution in [0.25, 0.3) is 0 Å². The van der Waals surface area contributed by atoms with Gasteiger partial charge in [0.05, 0.1) is 0 Å². The maximum Gasteiger partial charge on any atom is 2.00 e. The first-order valence-electron chi connectivity index (χ1n) is 0. The van der Waals surface area contributed by atoms with E-state index in [1.807, 2.05) is 0 Å². The molecule has 0 spiro atoms. The van der Waals surface area contributed by atoms with E-state index in [0.29, 0.717) is 0 Å². The topological polar surface area (TPSA) is 0 Å². The molecule has 0 aromatic heterocycles. The number of rotatable bonds is 0. The van der Waals surface area contributed by atoms with Gasteiger partial charge < -0.3 is 35.9 Å². The smallest absolute Gasteiger partial charge is 2.00 e. The molecule has 0 aliphatic carbocycles. The second kappa shape index (κ2) is 30.6. The molecule has 0 bridgehead atoms. The van der Waals surface area contributed by atoms with Crippen molar-refractivity contribution in [2.45, 2.75) is 0 Å². The zero-order valence-corrected chi connectivity index (χ0v) is 8.56. The van der Waals surface area contributed by atoms with Crippen LogP contribution >= 0.6 is 0 Å². The van der Waals surface area contributed by atoms with Crippen LogP contribution in [0.15, 0.2) is 0 Å². The predicted octanol–water partition coefficient (Wildman–Crippen LogP) is -0.769. The van der Waals surface area contributed by atoms with E-state index in [-0.39, 0.29) is 85.4 Å². The molecule has 40 valence electrons. The minimum atomic E-state index is 0. The molecule has 0 fully saturated rings. The molecule has 0 aliphatic heterocycles. The van der Waals surface area contributed by atoms with Crippen LogP contribution in [-0.2, 0) is 49.5 Å². The number of hydrogen-bond acceptors (Lipinski definition) is 0. The Morgan fingerprint density at radius 1 is 0.400 bits per heavy atom. The largest absolute Gasteiger partial charge is 3.00 e. The zero-order chi connectivity index (χ0) is 0. The van der Waals surface area contributed by atoms with Crippen LogP contribution in [0.4, 0.5) is 0 Å². The Balaban J connectivity index is 0. The van der Waals surface area contributed by atoms with E-state index in [1.54, 1.807) is 0 Å². The van der Waals surface area contributed by atoms with Crippen molar-refractivity contribution < 1.29 is 49.5 Å². The van der Waals surface area contributed by atoms with E-state index in [4.69, 9.17) is 0 Å². The molecule has 0 unspecified atom stereocenters. The predicted molar refractivity (Wildman–Crippen MR) is 11.5 cm³/mol. The van der Waals surface area contributed by atoms with Crippen LogP contribution in [0.2, 0.25) is 0 Å². The van der Waals surface area contributed by atoms with Gasteiger partial charge in [-0.2, -0.15) is 0 Å². The van der Waals surface area contributed by atoms with Gasteiger partial charge in [-0.05, 0) is 0 Å². The molecular weight excluding hydrogens is 326 g/mol. The van der Waals surface area contributed by atoms with E-state index in [1.165, 1.54) is 0 Å². The molecular formula is As2Ni3. The average molecular weight is 326 g/mol. The second-order valence-electron chi connectivity index (χ2n) is 0. The normalized spacial score (nSPS) is 0. The molecule has 0 radical (unpaired) electrons. The van der Waals surface area contributed by atoms with Crippen LogP contribution in [0.5, 0.6) is 0 Å². The van der Waals surface area contributed by atoms with E-state index in [2.05, 4.69) is 0 Å². The van der Waals surface area contributed by atoms with Crippen LogP contribution < -0.4 is 0 Å². The van der Waals surface area contributed by atoms with Crippen molar-refractivity contribution >= 4 is 35.9 Å². The summed E-state index contributed by atoms with van der Waals surface area (Å²) in [4.78, 5) is 0. The van der Waals surface area contributed by atoms with Crippen molar-refractivity contribution in [3.05, 3.63) is 0 Å². The first kappa shape index (κ1) is 49.0. The second-order valence-corrected chi connectivity index (χ2v) is 0. The Kier molecular flexibility index (Phi) is 300. The Hall–Kier alpha value is 2.60. The fourth-order valence-electron chi connectivity index (χ4n) is 0. The summed E-state index contributed by atoms with van der Waals surface area (Å²) in [5.74, 6) is 0. The van der Waals surface area contributed by atoms with Gasteiger partial charge in [0.2, 0.25) is 0 Å². The van der Waals surface area contributed by atoms with Crippen molar-refractivity contribution in [1.29, 1.82) is 0 Å². The zero-order valence-electron chi connectivity index (χ0n) is 1.84. The molecule has 0 N–H and O–H groups in total. The maximum absolute atomic E-state index is 0. The SMILES string of the molecule is [As-3].[As-3].[Ni+2].[Ni+2].[Ni+2]. The molecule has 5 heavy (non-hydrogen) atoms. The van der Waals surface area contributed by atoms with Gasteiger partial charge >= 0.3 is 49.5 Å².